The van der Waals surface area contributed by atoms with E-state index in [0.29, 0.717) is 28.5 Å². The van der Waals surface area contributed by atoms with E-state index in [2.05, 4.69) is 0 Å². The summed E-state index contributed by atoms with van der Waals surface area (Å²) in [5.74, 6) is -0.816. The van der Waals surface area contributed by atoms with Crippen molar-refractivity contribution in [1.82, 2.24) is 0 Å². The summed E-state index contributed by atoms with van der Waals surface area (Å²) in [5.41, 5.74) is 1.75. The minimum absolute atomic E-state index is 0.317. The molecular formula is C17H14Cl2O2. The quantitative estimate of drug-likeness (QED) is 0.903. The van der Waals surface area contributed by atoms with Crippen molar-refractivity contribution in [3.8, 4) is 0 Å². The van der Waals surface area contributed by atoms with Gasteiger partial charge in [-0.1, -0.05) is 53.5 Å². The van der Waals surface area contributed by atoms with Crippen molar-refractivity contribution in [2.75, 3.05) is 0 Å². The third-order valence-corrected chi connectivity index (χ3v) is 5.01. The fraction of sp³-hybridized carbons (Fsp3) is 0.235. The topological polar surface area (TPSA) is 37.3 Å². The highest BCUT2D eigenvalue weighted by atomic mass is 35.5. The Morgan fingerprint density at radius 3 is 2.43 bits per heavy atom. The van der Waals surface area contributed by atoms with Crippen molar-refractivity contribution in [3.63, 3.8) is 0 Å². The molecule has 0 aliphatic heterocycles. The van der Waals surface area contributed by atoms with Crippen LogP contribution in [-0.4, -0.2) is 11.1 Å². The smallest absolute Gasteiger partial charge is 0.314 e. The van der Waals surface area contributed by atoms with E-state index in [1.165, 1.54) is 0 Å². The molecule has 1 unspecified atom stereocenters. The highest BCUT2D eigenvalue weighted by Crippen LogP contribution is 2.43. The molecule has 1 N–H and O–H groups in total. The summed E-state index contributed by atoms with van der Waals surface area (Å²) in [6.07, 6.45) is 1.66. The molecule has 2 aromatic rings. The Balaban J connectivity index is 2.11. The van der Waals surface area contributed by atoms with Gasteiger partial charge in [0.05, 0.1) is 5.41 Å². The summed E-state index contributed by atoms with van der Waals surface area (Å²) in [7, 11) is 0. The van der Waals surface area contributed by atoms with Gasteiger partial charge in [-0.25, -0.2) is 0 Å². The first kappa shape index (κ1) is 14.4. The molecular weight excluding hydrogens is 307 g/mol. The molecule has 1 aliphatic carbocycles. The Hall–Kier alpha value is -1.51. The van der Waals surface area contributed by atoms with Crippen LogP contribution in [0.3, 0.4) is 0 Å². The highest BCUT2D eigenvalue weighted by molar-refractivity contribution is 6.36. The fourth-order valence-electron chi connectivity index (χ4n) is 3.17. The Morgan fingerprint density at radius 2 is 1.76 bits per heavy atom. The van der Waals surface area contributed by atoms with Crippen LogP contribution in [0.2, 0.25) is 10.0 Å². The first-order chi connectivity index (χ1) is 10.0. The number of carbonyl (C=O) groups is 1. The number of carboxylic acid groups (broad SMARTS) is 1. The van der Waals surface area contributed by atoms with Gasteiger partial charge in [-0.05, 0) is 48.1 Å². The molecule has 0 bridgehead atoms. The van der Waals surface area contributed by atoms with Gasteiger partial charge < -0.3 is 5.11 Å². The molecule has 0 heterocycles. The van der Waals surface area contributed by atoms with Gasteiger partial charge >= 0.3 is 5.97 Å². The van der Waals surface area contributed by atoms with E-state index < -0.39 is 11.4 Å². The number of aliphatic carboxylic acids is 1. The molecule has 0 amide bonds. The van der Waals surface area contributed by atoms with Crippen molar-refractivity contribution in [2.45, 2.75) is 24.7 Å². The summed E-state index contributed by atoms with van der Waals surface area (Å²) in [4.78, 5) is 12.0. The maximum Gasteiger partial charge on any atom is 0.314 e. The van der Waals surface area contributed by atoms with Crippen molar-refractivity contribution in [3.05, 3.63) is 69.2 Å². The van der Waals surface area contributed by atoms with Gasteiger partial charge in [-0.3, -0.25) is 4.79 Å². The first-order valence-electron chi connectivity index (χ1n) is 6.79. The SMILES string of the molecule is O=C(O)C1(Cc2c(Cl)cccc2Cl)CCc2ccccc21. The Bertz CT molecular complexity index is 691. The zero-order valence-corrected chi connectivity index (χ0v) is 12.8. The number of hydrogen-bond acceptors (Lipinski definition) is 1. The van der Waals surface area contributed by atoms with Gasteiger partial charge in [-0.2, -0.15) is 0 Å². The minimum Gasteiger partial charge on any atom is -0.481 e. The van der Waals surface area contributed by atoms with Crippen LogP contribution in [0.1, 0.15) is 23.1 Å². The number of rotatable bonds is 3. The second-order valence-electron chi connectivity index (χ2n) is 5.42. The molecule has 21 heavy (non-hydrogen) atoms. The average molecular weight is 321 g/mol. The zero-order chi connectivity index (χ0) is 15.0. The largest absolute Gasteiger partial charge is 0.481 e. The lowest BCUT2D eigenvalue weighted by molar-refractivity contribution is -0.143. The molecule has 3 rings (SSSR count). The maximum absolute atomic E-state index is 12.0. The number of aryl methyl sites for hydroxylation is 1. The van der Waals surface area contributed by atoms with Crippen LogP contribution in [0.15, 0.2) is 42.5 Å². The summed E-state index contributed by atoms with van der Waals surface area (Å²) >= 11 is 12.4. The van der Waals surface area contributed by atoms with Gasteiger partial charge in [-0.15, -0.1) is 0 Å². The molecule has 1 aliphatic rings. The predicted molar refractivity (Wildman–Crippen MR) is 84.2 cm³/mol. The van der Waals surface area contributed by atoms with E-state index >= 15 is 0 Å². The van der Waals surface area contributed by atoms with Gasteiger partial charge in [0.2, 0.25) is 0 Å². The zero-order valence-electron chi connectivity index (χ0n) is 11.3. The average Bonchev–Trinajstić information content (AvgIpc) is 2.83. The van der Waals surface area contributed by atoms with E-state index in [9.17, 15) is 9.90 Å². The van der Waals surface area contributed by atoms with Gasteiger partial charge in [0.15, 0.2) is 0 Å². The van der Waals surface area contributed by atoms with Crippen LogP contribution in [0, 0.1) is 0 Å². The van der Waals surface area contributed by atoms with Crippen LogP contribution < -0.4 is 0 Å². The Morgan fingerprint density at radius 1 is 1.10 bits per heavy atom. The van der Waals surface area contributed by atoms with Crippen LogP contribution >= 0.6 is 23.2 Å². The van der Waals surface area contributed by atoms with Crippen LogP contribution in [-0.2, 0) is 23.1 Å². The van der Waals surface area contributed by atoms with E-state index in [-0.39, 0.29) is 0 Å². The van der Waals surface area contributed by atoms with Gasteiger partial charge in [0.1, 0.15) is 0 Å². The number of fused-ring (bicyclic) bond motifs is 1. The van der Waals surface area contributed by atoms with Gasteiger partial charge in [0.25, 0.3) is 0 Å². The number of benzene rings is 2. The molecule has 0 aromatic heterocycles. The third-order valence-electron chi connectivity index (χ3n) is 4.30. The standard InChI is InChI=1S/C17H14Cl2O2/c18-14-6-3-7-15(19)12(14)10-17(16(20)21)9-8-11-4-1-2-5-13(11)17/h1-7H,8-10H2,(H,20,21). The number of hydrogen-bond donors (Lipinski definition) is 1. The Labute approximate surface area is 133 Å². The molecule has 0 saturated carbocycles. The first-order valence-corrected chi connectivity index (χ1v) is 7.55. The summed E-state index contributed by atoms with van der Waals surface area (Å²) in [5, 5.41) is 10.9. The second-order valence-corrected chi connectivity index (χ2v) is 6.24. The lowest BCUT2D eigenvalue weighted by Gasteiger charge is -2.26. The third kappa shape index (κ3) is 2.33. The lowest BCUT2D eigenvalue weighted by Crippen LogP contribution is -2.36. The number of carboxylic acids is 1. The van der Waals surface area contributed by atoms with E-state index in [0.717, 1.165) is 17.5 Å². The molecule has 0 saturated heterocycles. The lowest BCUT2D eigenvalue weighted by atomic mass is 9.76. The second kappa shape index (κ2) is 5.36. The predicted octanol–water partition coefficient (Wildman–Crippen LogP) is 4.50. The normalized spacial score (nSPS) is 20.3. The minimum atomic E-state index is -0.939. The molecule has 0 spiro atoms. The summed E-state index contributed by atoms with van der Waals surface area (Å²) in [6, 6.07) is 13.0. The fourth-order valence-corrected chi connectivity index (χ4v) is 3.70. The van der Waals surface area contributed by atoms with Crippen LogP contribution in [0.25, 0.3) is 0 Å². The summed E-state index contributed by atoms with van der Waals surface area (Å²) in [6.45, 7) is 0. The number of halogens is 2. The molecule has 0 fully saturated rings. The van der Waals surface area contributed by atoms with Gasteiger partial charge in [0, 0.05) is 10.0 Å². The van der Waals surface area contributed by atoms with Crippen molar-refractivity contribution < 1.29 is 9.90 Å². The molecule has 4 heteroatoms. The molecule has 108 valence electrons. The highest BCUT2D eigenvalue weighted by Gasteiger charge is 2.45. The van der Waals surface area contributed by atoms with E-state index in [1.54, 1.807) is 18.2 Å². The van der Waals surface area contributed by atoms with E-state index in [4.69, 9.17) is 23.2 Å². The monoisotopic (exact) mass is 320 g/mol. The Kier molecular flexibility index (Phi) is 3.68. The van der Waals surface area contributed by atoms with Crippen molar-refractivity contribution >= 4 is 29.2 Å². The van der Waals surface area contributed by atoms with Crippen molar-refractivity contribution in [1.29, 1.82) is 0 Å². The molecule has 2 aromatic carbocycles. The van der Waals surface area contributed by atoms with Crippen LogP contribution in [0.4, 0.5) is 0 Å². The van der Waals surface area contributed by atoms with E-state index in [1.807, 2.05) is 24.3 Å². The maximum atomic E-state index is 12.0. The van der Waals surface area contributed by atoms with Crippen molar-refractivity contribution in [2.24, 2.45) is 0 Å². The van der Waals surface area contributed by atoms with Crippen LogP contribution in [0.5, 0.6) is 0 Å². The molecule has 1 atom stereocenters. The molecule has 2 nitrogen and oxygen atoms in total. The summed E-state index contributed by atoms with van der Waals surface area (Å²) < 4.78 is 0. The molecule has 0 radical (unpaired) electrons.